The lowest BCUT2D eigenvalue weighted by molar-refractivity contribution is 0.292. The summed E-state index contributed by atoms with van der Waals surface area (Å²) in [4.78, 5) is 0. The number of aliphatic hydroxyl groups excluding tert-OH is 1. The lowest BCUT2D eigenvalue weighted by Crippen LogP contribution is -2.23. The predicted octanol–water partition coefficient (Wildman–Crippen LogP) is 2.75. The smallest absolute Gasteiger partial charge is 0.0555 e. The molecule has 0 aliphatic rings. The van der Waals surface area contributed by atoms with E-state index in [2.05, 4.69) is 76.0 Å². The Hall–Kier alpha value is -2.14. The van der Waals surface area contributed by atoms with Crippen molar-refractivity contribution >= 4 is 10.9 Å². The highest BCUT2D eigenvalue weighted by atomic mass is 16.3. The first-order valence-electron chi connectivity index (χ1n) is 9.01. The fourth-order valence-electron chi connectivity index (χ4n) is 3.14. The van der Waals surface area contributed by atoms with Gasteiger partial charge in [-0.3, -0.25) is 0 Å². The molecule has 0 atom stereocenters. The average Bonchev–Trinajstić information content (AvgIpc) is 3.00. The van der Waals surface area contributed by atoms with Gasteiger partial charge in [0.1, 0.15) is 0 Å². The number of rotatable bonds is 10. The summed E-state index contributed by atoms with van der Waals surface area (Å²) in [5.74, 6) is 0. The molecule has 25 heavy (non-hydrogen) atoms. The van der Waals surface area contributed by atoms with Crippen LogP contribution in [0.1, 0.15) is 17.5 Å². The third-order valence-corrected chi connectivity index (χ3v) is 4.38. The molecule has 0 unspecified atom stereocenters. The van der Waals surface area contributed by atoms with Crippen LogP contribution >= 0.6 is 0 Å². The molecule has 4 nitrogen and oxygen atoms in total. The van der Waals surface area contributed by atoms with E-state index in [1.54, 1.807) is 0 Å². The van der Waals surface area contributed by atoms with Gasteiger partial charge in [0.25, 0.3) is 0 Å². The summed E-state index contributed by atoms with van der Waals surface area (Å²) < 4.78 is 2.34. The lowest BCUT2D eigenvalue weighted by atomic mass is 10.2. The maximum Gasteiger partial charge on any atom is 0.0555 e. The third kappa shape index (κ3) is 4.92. The second-order valence-electron chi connectivity index (χ2n) is 6.29. The first-order valence-corrected chi connectivity index (χ1v) is 9.01. The average molecular weight is 337 g/mol. The van der Waals surface area contributed by atoms with Crippen LogP contribution in [0.3, 0.4) is 0 Å². The van der Waals surface area contributed by atoms with Gasteiger partial charge in [0.05, 0.1) is 6.61 Å². The second-order valence-corrected chi connectivity index (χ2v) is 6.29. The fraction of sp³-hybridized carbons (Fsp3) is 0.333. The molecule has 0 spiro atoms. The second kappa shape index (κ2) is 9.37. The van der Waals surface area contributed by atoms with Crippen molar-refractivity contribution in [2.75, 3.05) is 26.2 Å². The molecule has 0 saturated heterocycles. The Morgan fingerprint density at radius 3 is 2.44 bits per heavy atom. The maximum atomic E-state index is 8.75. The summed E-state index contributed by atoms with van der Waals surface area (Å²) in [5, 5.41) is 16.8. The van der Waals surface area contributed by atoms with Crippen LogP contribution in [0, 0.1) is 0 Å². The van der Waals surface area contributed by atoms with Gasteiger partial charge >= 0.3 is 0 Å². The Morgan fingerprint density at radius 2 is 1.60 bits per heavy atom. The minimum absolute atomic E-state index is 0.203. The highest BCUT2D eigenvalue weighted by Gasteiger charge is 2.08. The van der Waals surface area contributed by atoms with Crippen LogP contribution in [0.15, 0.2) is 60.8 Å². The molecule has 0 amide bonds. The summed E-state index contributed by atoms with van der Waals surface area (Å²) in [6.07, 6.45) is 3.33. The first-order chi connectivity index (χ1) is 12.4. The van der Waals surface area contributed by atoms with E-state index >= 15 is 0 Å². The molecule has 0 bridgehead atoms. The normalized spacial score (nSPS) is 11.2. The van der Waals surface area contributed by atoms with E-state index in [4.69, 9.17) is 5.11 Å². The molecule has 1 aromatic heterocycles. The van der Waals surface area contributed by atoms with Crippen molar-refractivity contribution in [2.24, 2.45) is 0 Å². The molecule has 0 saturated carbocycles. The maximum absolute atomic E-state index is 8.75. The zero-order chi connectivity index (χ0) is 17.3. The highest BCUT2D eigenvalue weighted by Crippen LogP contribution is 2.22. The number of hydrogen-bond donors (Lipinski definition) is 3. The van der Waals surface area contributed by atoms with Crippen molar-refractivity contribution in [3.63, 3.8) is 0 Å². The first kappa shape index (κ1) is 17.7. The van der Waals surface area contributed by atoms with Crippen molar-refractivity contribution in [3.05, 3.63) is 71.9 Å². The van der Waals surface area contributed by atoms with Gasteiger partial charge in [-0.15, -0.1) is 0 Å². The molecule has 3 aromatic rings. The van der Waals surface area contributed by atoms with Gasteiger partial charge in [-0.1, -0.05) is 48.5 Å². The Balaban J connectivity index is 1.63. The molecule has 1 heterocycles. The molecule has 4 heteroatoms. The van der Waals surface area contributed by atoms with E-state index < -0.39 is 0 Å². The number of para-hydroxylation sites is 1. The van der Waals surface area contributed by atoms with Crippen molar-refractivity contribution in [1.29, 1.82) is 0 Å². The Morgan fingerprint density at radius 1 is 0.840 bits per heavy atom. The summed E-state index contributed by atoms with van der Waals surface area (Å²) in [6, 6.07) is 19.2. The largest absolute Gasteiger partial charge is 0.395 e. The molecule has 3 rings (SSSR count). The molecule has 3 N–H and O–H groups in total. The van der Waals surface area contributed by atoms with Gasteiger partial charge in [0.2, 0.25) is 0 Å². The number of hydrogen-bond acceptors (Lipinski definition) is 3. The summed E-state index contributed by atoms with van der Waals surface area (Å²) in [6.45, 7) is 4.55. The fourth-order valence-corrected chi connectivity index (χ4v) is 3.14. The van der Waals surface area contributed by atoms with E-state index in [0.29, 0.717) is 6.54 Å². The van der Waals surface area contributed by atoms with E-state index in [0.717, 1.165) is 32.6 Å². The van der Waals surface area contributed by atoms with Crippen LogP contribution in [-0.4, -0.2) is 35.9 Å². The van der Waals surface area contributed by atoms with Gasteiger partial charge in [-0.05, 0) is 36.7 Å². The molecule has 0 fully saturated rings. The highest BCUT2D eigenvalue weighted by molar-refractivity contribution is 5.84. The van der Waals surface area contributed by atoms with Gasteiger partial charge in [-0.2, -0.15) is 0 Å². The van der Waals surface area contributed by atoms with Crippen molar-refractivity contribution in [2.45, 2.75) is 19.5 Å². The van der Waals surface area contributed by atoms with Crippen LogP contribution in [0.4, 0.5) is 0 Å². The van der Waals surface area contributed by atoms with Crippen molar-refractivity contribution in [3.8, 4) is 0 Å². The number of fused-ring (bicyclic) bond motifs is 1. The van der Waals surface area contributed by atoms with E-state index in [9.17, 15) is 0 Å². The van der Waals surface area contributed by atoms with Crippen LogP contribution in [0.2, 0.25) is 0 Å². The topological polar surface area (TPSA) is 49.2 Å². The van der Waals surface area contributed by atoms with Gasteiger partial charge in [0.15, 0.2) is 0 Å². The minimum Gasteiger partial charge on any atom is -0.395 e. The van der Waals surface area contributed by atoms with Crippen LogP contribution < -0.4 is 10.6 Å². The molecular weight excluding hydrogens is 310 g/mol. The third-order valence-electron chi connectivity index (χ3n) is 4.38. The molecule has 0 radical (unpaired) electrons. The molecule has 0 aliphatic heterocycles. The number of nitrogens with zero attached hydrogens (tertiary/aromatic N) is 1. The molecule has 2 aromatic carbocycles. The van der Waals surface area contributed by atoms with Crippen molar-refractivity contribution in [1.82, 2.24) is 15.2 Å². The van der Waals surface area contributed by atoms with Crippen molar-refractivity contribution < 1.29 is 5.11 Å². The summed E-state index contributed by atoms with van der Waals surface area (Å²) >= 11 is 0. The lowest BCUT2D eigenvalue weighted by Gasteiger charge is -2.05. The molecular formula is C21H27N3O. The van der Waals surface area contributed by atoms with E-state index in [1.165, 1.54) is 22.0 Å². The monoisotopic (exact) mass is 337 g/mol. The number of aromatic nitrogens is 1. The quantitative estimate of drug-likeness (QED) is 0.499. The Kier molecular flexibility index (Phi) is 6.63. The summed E-state index contributed by atoms with van der Waals surface area (Å²) in [7, 11) is 0. The Bertz CT molecular complexity index is 767. The predicted molar refractivity (Wildman–Crippen MR) is 104 cm³/mol. The van der Waals surface area contributed by atoms with Crippen LogP contribution in [-0.2, 0) is 13.1 Å². The number of aliphatic hydroxyl groups is 1. The summed E-state index contributed by atoms with van der Waals surface area (Å²) in [5.41, 5.74) is 3.94. The number of benzene rings is 2. The standard InChI is InChI=1S/C21H27N3O/c25-14-13-22-11-6-12-23-15-19-17-24(16-18-7-2-1-3-8-18)21-10-5-4-9-20(19)21/h1-5,7-10,17,22-23,25H,6,11-16H2. The SMILES string of the molecule is OCCNCCCNCc1cn(Cc2ccccc2)c2ccccc12. The van der Waals surface area contributed by atoms with E-state index in [-0.39, 0.29) is 6.61 Å². The zero-order valence-electron chi connectivity index (χ0n) is 14.6. The molecule has 0 aliphatic carbocycles. The van der Waals surface area contributed by atoms with Crippen LogP contribution in [0.5, 0.6) is 0 Å². The minimum atomic E-state index is 0.203. The van der Waals surface area contributed by atoms with Gasteiger partial charge in [0, 0.05) is 36.7 Å². The van der Waals surface area contributed by atoms with Gasteiger partial charge in [-0.25, -0.2) is 0 Å². The van der Waals surface area contributed by atoms with Crippen LogP contribution in [0.25, 0.3) is 10.9 Å². The van der Waals surface area contributed by atoms with E-state index in [1.807, 2.05) is 0 Å². The zero-order valence-corrected chi connectivity index (χ0v) is 14.6. The molecule has 132 valence electrons. The Labute approximate surface area is 149 Å². The van der Waals surface area contributed by atoms with Gasteiger partial charge < -0.3 is 20.3 Å². The number of nitrogens with one attached hydrogen (secondary N) is 2.